The lowest BCUT2D eigenvalue weighted by Crippen LogP contribution is -2.25. The molecule has 1 heterocycles. The lowest BCUT2D eigenvalue weighted by Gasteiger charge is -2.25. The summed E-state index contributed by atoms with van der Waals surface area (Å²) in [4.78, 5) is 12.4. The molecule has 1 aliphatic heterocycles. The van der Waals surface area contributed by atoms with Crippen LogP contribution in [0.1, 0.15) is 30.4 Å². The smallest absolute Gasteiger partial charge is 0.165 e. The van der Waals surface area contributed by atoms with Crippen LogP contribution in [0.25, 0.3) is 0 Å². The van der Waals surface area contributed by atoms with Gasteiger partial charge in [-0.1, -0.05) is 24.3 Å². The molecule has 0 spiro atoms. The number of hydrogen-bond donors (Lipinski definition) is 0. The summed E-state index contributed by atoms with van der Waals surface area (Å²) in [5.41, 5.74) is 3.65. The highest BCUT2D eigenvalue weighted by molar-refractivity contribution is 5.97. The zero-order valence-corrected chi connectivity index (χ0v) is 10.5. The molecule has 2 aliphatic rings. The van der Waals surface area contributed by atoms with Gasteiger partial charge in [0.25, 0.3) is 0 Å². The Balaban J connectivity index is 1.75. The van der Waals surface area contributed by atoms with Crippen LogP contribution in [-0.2, 0) is 22.4 Å². The summed E-state index contributed by atoms with van der Waals surface area (Å²) in [6.07, 6.45) is 6.45. The average Bonchev–Trinajstić information content (AvgIpc) is 2.47. The normalized spacial score (nSPS) is 22.7. The number of allylic oxidation sites excluding steroid dienone is 1. The first-order valence-corrected chi connectivity index (χ1v) is 6.76. The highest BCUT2D eigenvalue weighted by Gasteiger charge is 2.27. The predicted octanol–water partition coefficient (Wildman–Crippen LogP) is 3.05. The van der Waals surface area contributed by atoms with Crippen LogP contribution in [0.2, 0.25) is 0 Å². The van der Waals surface area contributed by atoms with E-state index in [2.05, 4.69) is 24.3 Å². The van der Waals surface area contributed by atoms with Crippen LogP contribution in [0, 0.1) is 5.92 Å². The first-order valence-electron chi connectivity index (χ1n) is 6.76. The molecule has 0 bridgehead atoms. The largest absolute Gasteiger partial charge is 0.501 e. The second-order valence-corrected chi connectivity index (χ2v) is 5.19. The van der Waals surface area contributed by atoms with Crippen molar-refractivity contribution in [2.24, 2.45) is 5.92 Å². The molecule has 18 heavy (non-hydrogen) atoms. The molecule has 0 aromatic heterocycles. The van der Waals surface area contributed by atoms with Gasteiger partial charge >= 0.3 is 0 Å². The van der Waals surface area contributed by atoms with Crippen molar-refractivity contribution < 1.29 is 9.53 Å². The van der Waals surface area contributed by atoms with E-state index in [-0.39, 0.29) is 5.92 Å². The molecule has 1 aromatic carbocycles. The molecule has 0 saturated carbocycles. The summed E-state index contributed by atoms with van der Waals surface area (Å²) in [5.74, 6) is 0.469. The molecule has 1 aliphatic carbocycles. The van der Waals surface area contributed by atoms with E-state index >= 15 is 0 Å². The van der Waals surface area contributed by atoms with Crippen molar-refractivity contribution in [1.29, 1.82) is 0 Å². The van der Waals surface area contributed by atoms with E-state index in [1.807, 2.05) is 0 Å². The Labute approximate surface area is 108 Å². The Morgan fingerprint density at radius 2 is 2.00 bits per heavy atom. The molecule has 1 atom stereocenters. The summed E-state index contributed by atoms with van der Waals surface area (Å²) >= 11 is 0. The third-order valence-corrected chi connectivity index (χ3v) is 3.97. The van der Waals surface area contributed by atoms with Crippen LogP contribution < -0.4 is 0 Å². The maximum absolute atomic E-state index is 12.4. The van der Waals surface area contributed by atoms with Gasteiger partial charge in [-0.25, -0.2) is 0 Å². The van der Waals surface area contributed by atoms with Crippen molar-refractivity contribution in [2.45, 2.75) is 32.1 Å². The molecule has 0 N–H and O–H groups in total. The fraction of sp³-hybridized carbons (Fsp3) is 0.438. The van der Waals surface area contributed by atoms with Gasteiger partial charge < -0.3 is 4.74 Å². The zero-order valence-electron chi connectivity index (χ0n) is 10.5. The molecular weight excluding hydrogens is 224 g/mol. The van der Waals surface area contributed by atoms with E-state index in [0.29, 0.717) is 5.78 Å². The maximum Gasteiger partial charge on any atom is 0.165 e. The fourth-order valence-electron chi connectivity index (χ4n) is 2.93. The van der Waals surface area contributed by atoms with Crippen molar-refractivity contribution in [3.8, 4) is 0 Å². The molecule has 0 amide bonds. The summed E-state index contributed by atoms with van der Waals surface area (Å²) in [5, 5.41) is 0. The van der Waals surface area contributed by atoms with Crippen LogP contribution in [0.3, 0.4) is 0 Å². The number of benzene rings is 1. The van der Waals surface area contributed by atoms with Crippen molar-refractivity contribution in [1.82, 2.24) is 0 Å². The first kappa shape index (κ1) is 11.5. The van der Waals surface area contributed by atoms with Gasteiger partial charge in [-0.2, -0.15) is 0 Å². The van der Waals surface area contributed by atoms with Crippen LogP contribution in [0.5, 0.6) is 0 Å². The Bertz CT molecular complexity index is 488. The van der Waals surface area contributed by atoms with Crippen molar-refractivity contribution >= 4 is 5.78 Å². The number of rotatable bonds is 2. The molecule has 94 valence electrons. The number of carbonyl (C=O) groups is 1. The quantitative estimate of drug-likeness (QED) is 0.796. The molecule has 0 fully saturated rings. The molecule has 3 rings (SSSR count). The van der Waals surface area contributed by atoms with Crippen molar-refractivity contribution in [2.75, 3.05) is 6.61 Å². The molecule has 1 aromatic rings. The van der Waals surface area contributed by atoms with Gasteiger partial charge in [0.2, 0.25) is 0 Å². The second-order valence-electron chi connectivity index (χ2n) is 5.19. The fourth-order valence-corrected chi connectivity index (χ4v) is 2.93. The zero-order chi connectivity index (χ0) is 12.4. The van der Waals surface area contributed by atoms with E-state index < -0.39 is 0 Å². The average molecular weight is 242 g/mol. The van der Waals surface area contributed by atoms with Gasteiger partial charge in [-0.15, -0.1) is 0 Å². The minimum atomic E-state index is 0.160. The van der Waals surface area contributed by atoms with E-state index in [0.717, 1.165) is 44.3 Å². The van der Waals surface area contributed by atoms with Gasteiger partial charge in [0.1, 0.15) is 0 Å². The van der Waals surface area contributed by atoms with Crippen molar-refractivity contribution in [3.63, 3.8) is 0 Å². The molecule has 2 heteroatoms. The highest BCUT2D eigenvalue weighted by Crippen LogP contribution is 2.29. The Kier molecular flexibility index (Phi) is 3.18. The first-order chi connectivity index (χ1) is 8.84. The van der Waals surface area contributed by atoms with Gasteiger partial charge in [-0.3, -0.25) is 4.79 Å². The maximum atomic E-state index is 12.4. The third-order valence-electron chi connectivity index (χ3n) is 3.97. The van der Waals surface area contributed by atoms with E-state index in [9.17, 15) is 4.79 Å². The highest BCUT2D eigenvalue weighted by atomic mass is 16.5. The van der Waals surface area contributed by atoms with Gasteiger partial charge in [-0.05, 0) is 43.2 Å². The summed E-state index contributed by atoms with van der Waals surface area (Å²) in [7, 11) is 0. The van der Waals surface area contributed by atoms with Gasteiger partial charge in [0, 0.05) is 11.5 Å². The number of ether oxygens (including phenoxy) is 1. The number of fused-ring (bicyclic) bond motifs is 1. The molecule has 1 unspecified atom stereocenters. The van der Waals surface area contributed by atoms with E-state index in [1.165, 1.54) is 11.1 Å². The summed E-state index contributed by atoms with van der Waals surface area (Å²) in [6, 6.07) is 8.48. The lowest BCUT2D eigenvalue weighted by molar-refractivity contribution is -0.120. The van der Waals surface area contributed by atoms with Crippen molar-refractivity contribution in [3.05, 3.63) is 47.2 Å². The molecule has 0 saturated heterocycles. The SMILES string of the molecule is O=C(C1=COCCC1)C1CCc2ccccc2C1. The molecular formula is C16H18O2. The lowest BCUT2D eigenvalue weighted by atomic mass is 9.79. The predicted molar refractivity (Wildman–Crippen MR) is 70.2 cm³/mol. The van der Waals surface area contributed by atoms with Crippen LogP contribution in [-0.4, -0.2) is 12.4 Å². The number of carbonyl (C=O) groups excluding carboxylic acids is 1. The Hall–Kier alpha value is -1.57. The second kappa shape index (κ2) is 4.97. The Morgan fingerprint density at radius 3 is 2.78 bits per heavy atom. The summed E-state index contributed by atoms with van der Waals surface area (Å²) < 4.78 is 5.28. The number of Topliss-reactive ketones (excluding diaryl/α,β-unsaturated/α-hetero) is 1. The monoisotopic (exact) mass is 242 g/mol. The van der Waals surface area contributed by atoms with Gasteiger partial charge in [0.15, 0.2) is 5.78 Å². The number of ketones is 1. The molecule has 2 nitrogen and oxygen atoms in total. The van der Waals surface area contributed by atoms with E-state index in [1.54, 1.807) is 6.26 Å². The topological polar surface area (TPSA) is 26.3 Å². The van der Waals surface area contributed by atoms with Crippen LogP contribution in [0.15, 0.2) is 36.1 Å². The third kappa shape index (κ3) is 2.20. The minimum absolute atomic E-state index is 0.160. The van der Waals surface area contributed by atoms with Crippen LogP contribution >= 0.6 is 0 Å². The van der Waals surface area contributed by atoms with Crippen LogP contribution in [0.4, 0.5) is 0 Å². The summed E-state index contributed by atoms with van der Waals surface area (Å²) in [6.45, 7) is 0.754. The molecule has 0 radical (unpaired) electrons. The Morgan fingerprint density at radius 1 is 1.17 bits per heavy atom. The standard InChI is InChI=1S/C16H18O2/c17-16(15-6-3-9-18-11-15)14-8-7-12-4-1-2-5-13(12)10-14/h1-2,4-5,11,14H,3,6-10H2. The minimum Gasteiger partial charge on any atom is -0.501 e. The number of aryl methyl sites for hydroxylation is 1. The number of hydrogen-bond acceptors (Lipinski definition) is 2. The van der Waals surface area contributed by atoms with E-state index in [4.69, 9.17) is 4.74 Å². The van der Waals surface area contributed by atoms with Gasteiger partial charge in [0.05, 0.1) is 12.9 Å².